The normalized spacial score (nSPS) is 23.9. The third-order valence-corrected chi connectivity index (χ3v) is 6.78. The Hall–Kier alpha value is -1.34. The van der Waals surface area contributed by atoms with E-state index >= 15 is 0 Å². The van der Waals surface area contributed by atoms with Crippen molar-refractivity contribution in [1.82, 2.24) is 14.2 Å². The Morgan fingerprint density at radius 2 is 1.83 bits per heavy atom. The lowest BCUT2D eigenvalue weighted by molar-refractivity contribution is 0.0630. The summed E-state index contributed by atoms with van der Waals surface area (Å²) in [7, 11) is -3.49. The second-order valence-electron chi connectivity index (χ2n) is 6.56. The molecule has 3 rings (SSSR count). The van der Waals surface area contributed by atoms with Crippen LogP contribution < -0.4 is 0 Å². The van der Waals surface area contributed by atoms with Gasteiger partial charge in [-0.3, -0.25) is 4.79 Å². The molecule has 1 amide bonds. The van der Waals surface area contributed by atoms with E-state index in [9.17, 15) is 13.2 Å². The fourth-order valence-corrected chi connectivity index (χ4v) is 4.97. The number of nitrogens with one attached hydrogen (secondary N) is 1. The maximum Gasteiger partial charge on any atom is 0.270 e. The molecule has 0 bridgehead atoms. The molecule has 23 heavy (non-hydrogen) atoms. The molecule has 3 heterocycles. The van der Waals surface area contributed by atoms with E-state index < -0.39 is 10.0 Å². The number of rotatable bonds is 3. The summed E-state index contributed by atoms with van der Waals surface area (Å²) < 4.78 is 26.8. The first kappa shape index (κ1) is 16.5. The summed E-state index contributed by atoms with van der Waals surface area (Å²) in [5.41, 5.74) is 0.370. The van der Waals surface area contributed by atoms with Crippen LogP contribution in [0.25, 0.3) is 0 Å². The smallest absolute Gasteiger partial charge is 0.270 e. The molecule has 2 aliphatic heterocycles. The third-order valence-electron chi connectivity index (χ3n) is 4.90. The highest BCUT2D eigenvalue weighted by atomic mass is 32.2. The molecule has 1 N–H and O–H groups in total. The Kier molecular flexibility index (Phi) is 4.77. The Bertz CT molecular complexity index is 662. The molecule has 0 spiro atoms. The van der Waals surface area contributed by atoms with E-state index in [0.717, 1.165) is 45.1 Å². The van der Waals surface area contributed by atoms with Gasteiger partial charge in [0.25, 0.3) is 5.91 Å². The van der Waals surface area contributed by atoms with Crippen molar-refractivity contribution in [2.75, 3.05) is 19.6 Å². The van der Waals surface area contributed by atoms with Crippen molar-refractivity contribution < 1.29 is 13.2 Å². The molecule has 128 valence electrons. The SMILES string of the molecule is C[C@@H]1CCCCN1C(=O)c1cc(S(=O)(=O)N2CCCCC2)c[nH]1. The summed E-state index contributed by atoms with van der Waals surface area (Å²) in [5.74, 6) is -0.0997. The topological polar surface area (TPSA) is 73.5 Å². The van der Waals surface area contributed by atoms with Crippen LogP contribution in [-0.2, 0) is 10.0 Å². The quantitative estimate of drug-likeness (QED) is 0.917. The van der Waals surface area contributed by atoms with Crippen molar-refractivity contribution in [1.29, 1.82) is 0 Å². The number of carbonyl (C=O) groups excluding carboxylic acids is 1. The van der Waals surface area contributed by atoms with Gasteiger partial charge in [0.15, 0.2) is 0 Å². The molecule has 2 aliphatic rings. The molecular weight excluding hydrogens is 314 g/mol. The average Bonchev–Trinajstić information content (AvgIpc) is 3.06. The van der Waals surface area contributed by atoms with Gasteiger partial charge in [0, 0.05) is 31.9 Å². The lowest BCUT2D eigenvalue weighted by Crippen LogP contribution is -2.42. The van der Waals surface area contributed by atoms with Crippen molar-refractivity contribution >= 4 is 15.9 Å². The number of likely N-dealkylation sites (tertiary alicyclic amines) is 1. The number of hydrogen-bond acceptors (Lipinski definition) is 3. The van der Waals surface area contributed by atoms with E-state index in [0.29, 0.717) is 18.8 Å². The lowest BCUT2D eigenvalue weighted by Gasteiger charge is -2.33. The number of carbonyl (C=O) groups is 1. The molecule has 6 nitrogen and oxygen atoms in total. The maximum atomic E-state index is 12.6. The third kappa shape index (κ3) is 3.30. The minimum Gasteiger partial charge on any atom is -0.356 e. The van der Waals surface area contributed by atoms with Gasteiger partial charge in [-0.25, -0.2) is 8.42 Å². The van der Waals surface area contributed by atoms with Gasteiger partial charge in [-0.1, -0.05) is 6.42 Å². The number of hydrogen-bond donors (Lipinski definition) is 1. The molecule has 0 unspecified atom stereocenters. The number of nitrogens with zero attached hydrogens (tertiary/aromatic N) is 2. The van der Waals surface area contributed by atoms with Crippen LogP contribution >= 0.6 is 0 Å². The van der Waals surface area contributed by atoms with Gasteiger partial charge in [-0.05, 0) is 45.1 Å². The largest absolute Gasteiger partial charge is 0.356 e. The zero-order chi connectivity index (χ0) is 16.4. The van der Waals surface area contributed by atoms with Crippen LogP contribution in [0.2, 0.25) is 0 Å². The van der Waals surface area contributed by atoms with Crippen molar-refractivity contribution in [2.24, 2.45) is 0 Å². The standard InChI is InChI=1S/C16H25N3O3S/c1-13-7-3-6-10-19(13)16(20)15-11-14(12-17-15)23(21,22)18-8-4-2-5-9-18/h11-13,17H,2-10H2,1H3/t13-/m1/s1. The first-order chi connectivity index (χ1) is 11.0. The van der Waals surface area contributed by atoms with Crippen LogP contribution in [0, 0.1) is 0 Å². The highest BCUT2D eigenvalue weighted by Crippen LogP contribution is 2.23. The van der Waals surface area contributed by atoms with Crippen LogP contribution in [-0.4, -0.2) is 54.2 Å². The van der Waals surface area contributed by atoms with Crippen LogP contribution in [0.5, 0.6) is 0 Å². The Labute approximate surface area is 137 Å². The van der Waals surface area contributed by atoms with Crippen molar-refractivity contribution in [3.63, 3.8) is 0 Å². The summed E-state index contributed by atoms with van der Waals surface area (Å²) in [4.78, 5) is 17.5. The summed E-state index contributed by atoms with van der Waals surface area (Å²) >= 11 is 0. The molecular formula is C16H25N3O3S. The fraction of sp³-hybridized carbons (Fsp3) is 0.688. The molecule has 2 saturated heterocycles. The average molecular weight is 339 g/mol. The number of aromatic amines is 1. The van der Waals surface area contributed by atoms with E-state index in [2.05, 4.69) is 4.98 Å². The zero-order valence-corrected chi connectivity index (χ0v) is 14.4. The van der Waals surface area contributed by atoms with Crippen molar-refractivity contribution in [2.45, 2.75) is 56.4 Å². The van der Waals surface area contributed by atoms with Crippen molar-refractivity contribution in [3.05, 3.63) is 18.0 Å². The number of aromatic nitrogens is 1. The number of sulfonamides is 1. The summed E-state index contributed by atoms with van der Waals surface area (Å²) in [5, 5.41) is 0. The predicted octanol–water partition coefficient (Wildman–Crippen LogP) is 2.20. The van der Waals surface area contributed by atoms with Gasteiger partial charge >= 0.3 is 0 Å². The van der Waals surface area contributed by atoms with Gasteiger partial charge in [-0.15, -0.1) is 0 Å². The summed E-state index contributed by atoms with van der Waals surface area (Å²) in [6.07, 6.45) is 7.49. The second-order valence-corrected chi connectivity index (χ2v) is 8.50. The van der Waals surface area contributed by atoms with Crippen molar-refractivity contribution in [3.8, 4) is 0 Å². The minimum absolute atomic E-state index is 0.0997. The fourth-order valence-electron chi connectivity index (χ4n) is 3.46. The minimum atomic E-state index is -3.49. The van der Waals surface area contributed by atoms with Gasteiger partial charge in [0.05, 0.1) is 0 Å². The molecule has 0 saturated carbocycles. The number of piperidine rings is 2. The number of H-pyrrole nitrogens is 1. The van der Waals surface area contributed by atoms with Gasteiger partial charge in [-0.2, -0.15) is 4.31 Å². The predicted molar refractivity (Wildman–Crippen MR) is 87.8 cm³/mol. The highest BCUT2D eigenvalue weighted by Gasteiger charge is 2.30. The number of amides is 1. The van der Waals surface area contributed by atoms with Gasteiger partial charge < -0.3 is 9.88 Å². The summed E-state index contributed by atoms with van der Waals surface area (Å²) in [6.45, 7) is 3.93. The second kappa shape index (κ2) is 6.65. The summed E-state index contributed by atoms with van der Waals surface area (Å²) in [6, 6.07) is 1.70. The monoisotopic (exact) mass is 339 g/mol. The maximum absolute atomic E-state index is 12.6. The molecule has 0 aromatic carbocycles. The van der Waals surface area contributed by atoms with E-state index in [-0.39, 0.29) is 16.8 Å². The van der Waals surface area contributed by atoms with E-state index in [1.54, 1.807) is 0 Å². The molecule has 1 aromatic heterocycles. The first-order valence-electron chi connectivity index (χ1n) is 8.49. The molecule has 0 aliphatic carbocycles. The molecule has 1 aromatic rings. The Morgan fingerprint density at radius 1 is 1.13 bits per heavy atom. The molecule has 1 atom stereocenters. The Morgan fingerprint density at radius 3 is 2.52 bits per heavy atom. The van der Waals surface area contributed by atoms with E-state index in [1.165, 1.54) is 16.6 Å². The molecule has 2 fully saturated rings. The van der Waals surface area contributed by atoms with Gasteiger partial charge in [0.1, 0.15) is 10.6 Å². The Balaban J connectivity index is 1.78. The lowest BCUT2D eigenvalue weighted by atomic mass is 10.0. The van der Waals surface area contributed by atoms with Crippen LogP contribution in [0.4, 0.5) is 0 Å². The first-order valence-corrected chi connectivity index (χ1v) is 9.94. The van der Waals surface area contributed by atoms with Gasteiger partial charge in [0.2, 0.25) is 10.0 Å². The zero-order valence-electron chi connectivity index (χ0n) is 13.6. The van der Waals surface area contributed by atoms with Crippen LogP contribution in [0.15, 0.2) is 17.2 Å². The van der Waals surface area contributed by atoms with E-state index in [1.807, 2.05) is 11.8 Å². The van der Waals surface area contributed by atoms with Crippen LogP contribution in [0.1, 0.15) is 55.9 Å². The van der Waals surface area contributed by atoms with Crippen LogP contribution in [0.3, 0.4) is 0 Å². The molecule has 0 radical (unpaired) electrons. The van der Waals surface area contributed by atoms with E-state index in [4.69, 9.17) is 0 Å². The highest BCUT2D eigenvalue weighted by molar-refractivity contribution is 7.89. The molecule has 7 heteroatoms.